The van der Waals surface area contributed by atoms with E-state index in [2.05, 4.69) is 33.4 Å². The van der Waals surface area contributed by atoms with Crippen molar-refractivity contribution in [2.24, 2.45) is 0 Å². The van der Waals surface area contributed by atoms with Crippen molar-refractivity contribution in [2.45, 2.75) is 38.6 Å². The smallest absolute Gasteiger partial charge is 0.164 e. The quantitative estimate of drug-likeness (QED) is 0.801. The minimum absolute atomic E-state index is 0.530. The molecule has 0 amide bonds. The molecule has 0 bridgehead atoms. The van der Waals surface area contributed by atoms with Gasteiger partial charge in [-0.15, -0.1) is 0 Å². The number of pyridine rings is 2. The lowest BCUT2D eigenvalue weighted by Crippen LogP contribution is -2.16. The standard InChI is InChI=1S/C18H18N6/c1-12-9-20-17(7-16(12)23-15-4-2-3-5-15)24-18-14(11-22-24)6-13(8-19)10-21-18/h6-7,9-11,15H,2-5H2,1H3,(H,20,23). The first-order valence-corrected chi connectivity index (χ1v) is 8.22. The molecule has 3 heterocycles. The predicted octanol–water partition coefficient (Wildman–Crippen LogP) is 3.35. The Morgan fingerprint density at radius 3 is 2.79 bits per heavy atom. The molecule has 1 fully saturated rings. The van der Waals surface area contributed by atoms with Crippen molar-refractivity contribution in [3.63, 3.8) is 0 Å². The van der Waals surface area contributed by atoms with Crippen LogP contribution < -0.4 is 5.32 Å². The summed E-state index contributed by atoms with van der Waals surface area (Å²) >= 11 is 0. The maximum Gasteiger partial charge on any atom is 0.164 e. The van der Waals surface area contributed by atoms with E-state index in [1.807, 2.05) is 12.3 Å². The van der Waals surface area contributed by atoms with Crippen molar-refractivity contribution in [3.05, 3.63) is 41.9 Å². The SMILES string of the molecule is Cc1cnc(-n2ncc3cc(C#N)cnc32)cc1NC1CCCC1. The van der Waals surface area contributed by atoms with Gasteiger partial charge in [-0.3, -0.25) is 0 Å². The van der Waals surface area contributed by atoms with Gasteiger partial charge >= 0.3 is 0 Å². The number of nitriles is 1. The second kappa shape index (κ2) is 5.93. The lowest BCUT2D eigenvalue weighted by molar-refractivity contribution is 0.753. The number of nitrogens with zero attached hydrogens (tertiary/aromatic N) is 5. The van der Waals surface area contributed by atoms with Gasteiger partial charge in [0.05, 0.1) is 11.8 Å². The summed E-state index contributed by atoms with van der Waals surface area (Å²) in [4.78, 5) is 8.87. The zero-order valence-corrected chi connectivity index (χ0v) is 13.5. The molecule has 0 aliphatic heterocycles. The average Bonchev–Trinajstić information content (AvgIpc) is 3.25. The third-order valence-electron chi connectivity index (χ3n) is 4.56. The number of fused-ring (bicyclic) bond motifs is 1. The van der Waals surface area contributed by atoms with Gasteiger partial charge in [0.1, 0.15) is 6.07 Å². The predicted molar refractivity (Wildman–Crippen MR) is 92.0 cm³/mol. The van der Waals surface area contributed by atoms with Gasteiger partial charge in [0.2, 0.25) is 0 Å². The number of aromatic nitrogens is 4. The number of aryl methyl sites for hydroxylation is 1. The molecule has 1 N–H and O–H groups in total. The first kappa shape index (κ1) is 14.6. The van der Waals surface area contributed by atoms with Crippen molar-refractivity contribution in [1.29, 1.82) is 5.26 Å². The van der Waals surface area contributed by atoms with Crippen LogP contribution in [0.5, 0.6) is 0 Å². The van der Waals surface area contributed by atoms with Crippen LogP contribution in [0.4, 0.5) is 5.69 Å². The number of hydrogen-bond acceptors (Lipinski definition) is 5. The number of hydrogen-bond donors (Lipinski definition) is 1. The molecule has 0 unspecified atom stereocenters. The van der Waals surface area contributed by atoms with Crippen LogP contribution in [0, 0.1) is 18.3 Å². The first-order valence-electron chi connectivity index (χ1n) is 8.22. The van der Waals surface area contributed by atoms with E-state index in [1.54, 1.807) is 23.1 Å². The molecule has 3 aromatic heterocycles. The lowest BCUT2D eigenvalue weighted by Gasteiger charge is -2.16. The molecule has 1 saturated carbocycles. The van der Waals surface area contributed by atoms with Crippen LogP contribution in [0.15, 0.2) is 30.7 Å². The zero-order valence-electron chi connectivity index (χ0n) is 13.5. The van der Waals surface area contributed by atoms with E-state index in [0.717, 1.165) is 22.5 Å². The van der Waals surface area contributed by atoms with E-state index in [1.165, 1.54) is 25.7 Å². The minimum atomic E-state index is 0.530. The summed E-state index contributed by atoms with van der Waals surface area (Å²) in [7, 11) is 0. The van der Waals surface area contributed by atoms with Crippen molar-refractivity contribution in [3.8, 4) is 11.9 Å². The summed E-state index contributed by atoms with van der Waals surface area (Å²) in [6, 6.07) is 6.46. The van der Waals surface area contributed by atoms with E-state index < -0.39 is 0 Å². The van der Waals surface area contributed by atoms with E-state index in [0.29, 0.717) is 17.3 Å². The van der Waals surface area contributed by atoms with E-state index in [9.17, 15) is 0 Å². The molecule has 24 heavy (non-hydrogen) atoms. The summed E-state index contributed by atoms with van der Waals surface area (Å²) < 4.78 is 1.72. The zero-order chi connectivity index (χ0) is 16.5. The number of nitrogens with one attached hydrogen (secondary N) is 1. The summed E-state index contributed by atoms with van der Waals surface area (Å²) in [6.45, 7) is 2.06. The van der Waals surface area contributed by atoms with Gasteiger partial charge < -0.3 is 5.32 Å². The van der Waals surface area contributed by atoms with Gasteiger partial charge in [0, 0.05) is 35.6 Å². The maximum absolute atomic E-state index is 8.99. The number of anilines is 1. The summed E-state index contributed by atoms with van der Waals surface area (Å²) in [5.74, 6) is 0.730. The van der Waals surface area contributed by atoms with Crippen LogP contribution in [0.1, 0.15) is 36.8 Å². The molecule has 1 aliphatic rings. The minimum Gasteiger partial charge on any atom is -0.382 e. The van der Waals surface area contributed by atoms with Gasteiger partial charge in [-0.25, -0.2) is 9.97 Å². The first-order chi connectivity index (χ1) is 11.7. The number of rotatable bonds is 3. The Hall–Kier alpha value is -2.94. The van der Waals surface area contributed by atoms with Gasteiger partial charge in [-0.2, -0.15) is 15.0 Å². The Balaban J connectivity index is 1.72. The molecule has 0 aromatic carbocycles. The van der Waals surface area contributed by atoms with Crippen LogP contribution in [-0.4, -0.2) is 25.8 Å². The summed E-state index contributed by atoms with van der Waals surface area (Å²) in [5, 5.41) is 17.9. The highest BCUT2D eigenvalue weighted by atomic mass is 15.3. The fourth-order valence-electron chi connectivity index (χ4n) is 3.22. The molecule has 6 nitrogen and oxygen atoms in total. The van der Waals surface area contributed by atoms with Crippen LogP contribution in [-0.2, 0) is 0 Å². The molecule has 0 atom stereocenters. The lowest BCUT2D eigenvalue weighted by atomic mass is 10.2. The Kier molecular flexibility index (Phi) is 3.62. The van der Waals surface area contributed by atoms with Gasteiger partial charge in [0.25, 0.3) is 0 Å². The third-order valence-corrected chi connectivity index (χ3v) is 4.56. The Labute approximate surface area is 140 Å². The van der Waals surface area contributed by atoms with Crippen LogP contribution in [0.25, 0.3) is 16.9 Å². The average molecular weight is 318 g/mol. The van der Waals surface area contributed by atoms with E-state index in [-0.39, 0.29) is 0 Å². The normalized spacial score (nSPS) is 14.8. The van der Waals surface area contributed by atoms with Gasteiger partial charge in [0.15, 0.2) is 11.5 Å². The Morgan fingerprint density at radius 2 is 2.00 bits per heavy atom. The molecule has 120 valence electrons. The topological polar surface area (TPSA) is 79.4 Å². The van der Waals surface area contributed by atoms with E-state index in [4.69, 9.17) is 5.26 Å². The summed E-state index contributed by atoms with van der Waals surface area (Å²) in [5.41, 5.74) is 3.46. The molecule has 0 saturated heterocycles. The third kappa shape index (κ3) is 2.58. The summed E-state index contributed by atoms with van der Waals surface area (Å²) in [6.07, 6.45) is 10.2. The second-order valence-electron chi connectivity index (χ2n) is 6.29. The van der Waals surface area contributed by atoms with Crippen LogP contribution >= 0.6 is 0 Å². The van der Waals surface area contributed by atoms with Gasteiger partial charge in [-0.1, -0.05) is 12.8 Å². The van der Waals surface area contributed by atoms with Crippen molar-refractivity contribution in [1.82, 2.24) is 19.7 Å². The highest BCUT2D eigenvalue weighted by Gasteiger charge is 2.16. The van der Waals surface area contributed by atoms with Crippen molar-refractivity contribution in [2.75, 3.05) is 5.32 Å². The molecule has 4 rings (SSSR count). The molecule has 6 heteroatoms. The fourth-order valence-corrected chi connectivity index (χ4v) is 3.22. The van der Waals surface area contributed by atoms with Gasteiger partial charge in [-0.05, 0) is 31.4 Å². The second-order valence-corrected chi connectivity index (χ2v) is 6.29. The Morgan fingerprint density at radius 1 is 1.17 bits per heavy atom. The van der Waals surface area contributed by atoms with Crippen LogP contribution in [0.2, 0.25) is 0 Å². The highest BCUT2D eigenvalue weighted by Crippen LogP contribution is 2.26. The molecular formula is C18H18N6. The largest absolute Gasteiger partial charge is 0.382 e. The molecule has 3 aromatic rings. The Bertz CT molecular complexity index is 930. The monoisotopic (exact) mass is 318 g/mol. The van der Waals surface area contributed by atoms with Crippen molar-refractivity contribution < 1.29 is 0 Å². The highest BCUT2D eigenvalue weighted by molar-refractivity contribution is 5.77. The maximum atomic E-state index is 8.99. The molecule has 1 aliphatic carbocycles. The molecule has 0 spiro atoms. The van der Waals surface area contributed by atoms with Crippen molar-refractivity contribution >= 4 is 16.7 Å². The van der Waals surface area contributed by atoms with E-state index >= 15 is 0 Å². The molecule has 0 radical (unpaired) electrons. The fraction of sp³-hybridized carbons (Fsp3) is 0.333. The van der Waals surface area contributed by atoms with Crippen LogP contribution in [0.3, 0.4) is 0 Å². The molecular weight excluding hydrogens is 300 g/mol.